The summed E-state index contributed by atoms with van der Waals surface area (Å²) < 4.78 is 31.3. The number of rotatable bonds is 10. The van der Waals surface area contributed by atoms with E-state index in [4.69, 9.17) is 4.74 Å². The van der Waals surface area contributed by atoms with E-state index in [9.17, 15) is 23.2 Å². The molecule has 0 aliphatic carbocycles. The first-order valence-corrected chi connectivity index (χ1v) is 10.7. The molecule has 2 aromatic carbocycles. The van der Waals surface area contributed by atoms with Crippen molar-refractivity contribution in [2.45, 2.75) is 25.6 Å². The number of carbonyl (C=O) groups excluding carboxylic acids is 3. The molecule has 1 N–H and O–H groups in total. The molecule has 0 aliphatic heterocycles. The zero-order valence-electron chi connectivity index (χ0n) is 17.3. The highest BCUT2D eigenvalue weighted by atomic mass is 32.2. The van der Waals surface area contributed by atoms with Gasteiger partial charge in [0.1, 0.15) is 16.9 Å². The normalized spacial score (nSPS) is 11.5. The Hall–Kier alpha value is -2.94. The van der Waals surface area contributed by atoms with Crippen molar-refractivity contribution in [2.75, 3.05) is 24.2 Å². The summed E-state index contributed by atoms with van der Waals surface area (Å²) in [7, 11) is 0. The number of thioether (sulfide) groups is 1. The maximum absolute atomic E-state index is 13.3. The summed E-state index contributed by atoms with van der Waals surface area (Å²) in [6.07, 6.45) is 0. The number of benzene rings is 2. The summed E-state index contributed by atoms with van der Waals surface area (Å²) in [6.45, 7) is 3.50. The standard InChI is InChI=1S/C22H24F2N2O4S/c1-3-26(12-16-5-4-6-18(24)11-16)21(28)13-30-22(29)15(2)31-14-20(27)25-19-9-7-17(23)8-10-19/h4-11,15H,3,12-14H2,1-2H3,(H,25,27). The maximum Gasteiger partial charge on any atom is 0.319 e. The van der Waals surface area contributed by atoms with E-state index >= 15 is 0 Å². The van der Waals surface area contributed by atoms with E-state index in [1.165, 1.54) is 41.3 Å². The van der Waals surface area contributed by atoms with Gasteiger partial charge in [-0.2, -0.15) is 0 Å². The summed E-state index contributed by atoms with van der Waals surface area (Å²) in [5.41, 5.74) is 1.09. The summed E-state index contributed by atoms with van der Waals surface area (Å²) in [4.78, 5) is 37.9. The Labute approximate surface area is 183 Å². The molecule has 0 fully saturated rings. The molecule has 0 radical (unpaired) electrons. The second-order valence-corrected chi connectivity index (χ2v) is 7.98. The van der Waals surface area contributed by atoms with Gasteiger partial charge in [-0.1, -0.05) is 12.1 Å². The van der Waals surface area contributed by atoms with E-state index in [0.717, 1.165) is 11.8 Å². The van der Waals surface area contributed by atoms with E-state index < -0.39 is 29.6 Å². The molecular weight excluding hydrogens is 426 g/mol. The third kappa shape index (κ3) is 8.37. The number of likely N-dealkylation sites (N-methyl/N-ethyl adjacent to an activating group) is 1. The first kappa shape index (κ1) is 24.3. The molecule has 6 nitrogen and oxygen atoms in total. The molecule has 2 rings (SSSR count). The van der Waals surface area contributed by atoms with Gasteiger partial charge in [0.15, 0.2) is 6.61 Å². The monoisotopic (exact) mass is 450 g/mol. The molecule has 0 saturated heterocycles. The number of nitrogens with zero attached hydrogens (tertiary/aromatic N) is 1. The van der Waals surface area contributed by atoms with Crippen molar-refractivity contribution < 1.29 is 27.9 Å². The van der Waals surface area contributed by atoms with E-state index in [0.29, 0.717) is 17.8 Å². The van der Waals surface area contributed by atoms with E-state index in [1.54, 1.807) is 26.0 Å². The van der Waals surface area contributed by atoms with Crippen LogP contribution in [0.25, 0.3) is 0 Å². The molecule has 166 valence electrons. The number of anilines is 1. The molecule has 0 aliphatic rings. The van der Waals surface area contributed by atoms with Crippen molar-refractivity contribution in [3.8, 4) is 0 Å². The number of esters is 1. The fraction of sp³-hybridized carbons (Fsp3) is 0.318. The molecule has 0 bridgehead atoms. The Morgan fingerprint density at radius 1 is 1.10 bits per heavy atom. The minimum atomic E-state index is -0.662. The predicted molar refractivity (Wildman–Crippen MR) is 115 cm³/mol. The van der Waals surface area contributed by atoms with Gasteiger partial charge in [-0.15, -0.1) is 11.8 Å². The number of hydrogen-bond acceptors (Lipinski definition) is 5. The Morgan fingerprint density at radius 3 is 2.45 bits per heavy atom. The molecular formula is C22H24F2N2O4S. The van der Waals surface area contributed by atoms with Gasteiger partial charge in [-0.05, 0) is 55.8 Å². The van der Waals surface area contributed by atoms with Crippen LogP contribution in [0, 0.1) is 11.6 Å². The van der Waals surface area contributed by atoms with Crippen molar-refractivity contribution in [3.05, 3.63) is 65.7 Å². The number of carbonyl (C=O) groups is 3. The lowest BCUT2D eigenvalue weighted by Gasteiger charge is -2.21. The summed E-state index contributed by atoms with van der Waals surface area (Å²) >= 11 is 1.06. The molecule has 31 heavy (non-hydrogen) atoms. The van der Waals surface area contributed by atoms with Gasteiger partial charge in [0.25, 0.3) is 5.91 Å². The number of nitrogens with one attached hydrogen (secondary N) is 1. The summed E-state index contributed by atoms with van der Waals surface area (Å²) in [5.74, 6) is -2.17. The van der Waals surface area contributed by atoms with E-state index in [1.807, 2.05) is 0 Å². The Kier molecular flexibility index (Phi) is 9.45. The van der Waals surface area contributed by atoms with Gasteiger partial charge in [-0.3, -0.25) is 14.4 Å². The van der Waals surface area contributed by atoms with Crippen molar-refractivity contribution >= 4 is 35.2 Å². The number of hydrogen-bond donors (Lipinski definition) is 1. The molecule has 0 spiro atoms. The third-order valence-electron chi connectivity index (χ3n) is 4.26. The average molecular weight is 451 g/mol. The Morgan fingerprint density at radius 2 is 1.81 bits per heavy atom. The van der Waals surface area contributed by atoms with Crippen LogP contribution >= 0.6 is 11.8 Å². The number of amides is 2. The first-order valence-electron chi connectivity index (χ1n) is 9.64. The van der Waals surface area contributed by atoms with Crippen molar-refractivity contribution in [1.82, 2.24) is 4.90 Å². The van der Waals surface area contributed by atoms with Crippen LogP contribution in [0.5, 0.6) is 0 Å². The van der Waals surface area contributed by atoms with Gasteiger partial charge < -0.3 is 15.0 Å². The lowest BCUT2D eigenvalue weighted by molar-refractivity contribution is -0.151. The Balaban J connectivity index is 1.74. The molecule has 1 unspecified atom stereocenters. The van der Waals surface area contributed by atoms with Gasteiger partial charge >= 0.3 is 5.97 Å². The van der Waals surface area contributed by atoms with Gasteiger partial charge in [0, 0.05) is 18.8 Å². The van der Waals surface area contributed by atoms with Crippen molar-refractivity contribution in [2.24, 2.45) is 0 Å². The summed E-state index contributed by atoms with van der Waals surface area (Å²) in [6, 6.07) is 11.3. The fourth-order valence-corrected chi connectivity index (χ4v) is 3.25. The van der Waals surface area contributed by atoms with Crippen molar-refractivity contribution in [3.63, 3.8) is 0 Å². The molecule has 0 saturated carbocycles. The predicted octanol–water partition coefficient (Wildman–Crippen LogP) is 3.62. The van der Waals surface area contributed by atoms with Crippen molar-refractivity contribution in [1.29, 1.82) is 0 Å². The van der Waals surface area contributed by atoms with Crippen LogP contribution in [0.1, 0.15) is 19.4 Å². The molecule has 0 aromatic heterocycles. The molecule has 1 atom stereocenters. The lowest BCUT2D eigenvalue weighted by Crippen LogP contribution is -2.35. The molecule has 0 heterocycles. The van der Waals surface area contributed by atoms with Crippen LogP contribution in [0.3, 0.4) is 0 Å². The average Bonchev–Trinajstić information content (AvgIpc) is 2.75. The van der Waals surface area contributed by atoms with Crippen LogP contribution in [0.2, 0.25) is 0 Å². The largest absolute Gasteiger partial charge is 0.455 e. The topological polar surface area (TPSA) is 75.7 Å². The van der Waals surface area contributed by atoms with Crippen LogP contribution in [-0.2, 0) is 25.7 Å². The van der Waals surface area contributed by atoms with E-state index in [-0.39, 0.29) is 24.0 Å². The number of halogens is 2. The zero-order valence-corrected chi connectivity index (χ0v) is 18.1. The zero-order chi connectivity index (χ0) is 22.8. The second kappa shape index (κ2) is 12.0. The van der Waals surface area contributed by atoms with E-state index in [2.05, 4.69) is 5.32 Å². The quantitative estimate of drug-likeness (QED) is 0.560. The first-order chi connectivity index (χ1) is 14.8. The highest BCUT2D eigenvalue weighted by Gasteiger charge is 2.20. The van der Waals surface area contributed by atoms with Gasteiger partial charge in [0.05, 0.1) is 5.75 Å². The Bertz CT molecular complexity index is 909. The van der Waals surface area contributed by atoms with Crippen LogP contribution < -0.4 is 5.32 Å². The third-order valence-corrected chi connectivity index (χ3v) is 5.38. The molecule has 2 aromatic rings. The minimum absolute atomic E-state index is 0.0117. The molecule has 2 amide bonds. The van der Waals surface area contributed by atoms with Crippen LogP contribution in [-0.4, -0.2) is 46.8 Å². The van der Waals surface area contributed by atoms with Gasteiger partial charge in [-0.25, -0.2) is 8.78 Å². The fourth-order valence-electron chi connectivity index (χ4n) is 2.57. The van der Waals surface area contributed by atoms with Gasteiger partial charge in [0.2, 0.25) is 5.91 Å². The smallest absolute Gasteiger partial charge is 0.319 e. The maximum atomic E-state index is 13.3. The minimum Gasteiger partial charge on any atom is -0.455 e. The summed E-state index contributed by atoms with van der Waals surface area (Å²) in [5, 5.41) is 1.94. The van der Waals surface area contributed by atoms with Crippen LogP contribution in [0.4, 0.5) is 14.5 Å². The van der Waals surface area contributed by atoms with Crippen LogP contribution in [0.15, 0.2) is 48.5 Å². The highest BCUT2D eigenvalue weighted by molar-refractivity contribution is 8.01. The molecule has 9 heteroatoms. The second-order valence-electron chi connectivity index (χ2n) is 6.65. The number of ether oxygens (including phenoxy) is 1. The highest BCUT2D eigenvalue weighted by Crippen LogP contribution is 2.14. The lowest BCUT2D eigenvalue weighted by atomic mass is 10.2. The SMILES string of the molecule is CCN(Cc1cccc(F)c1)C(=O)COC(=O)C(C)SCC(=O)Nc1ccc(F)cc1.